The molecule has 0 atom stereocenters. The molecular formula is C63H84N22O18. The number of carbonyl (C=O) groups excluding carboxylic acids is 11. The molecule has 7 aromatic heterocycles. The van der Waals surface area contributed by atoms with Gasteiger partial charge in [-0.05, 0) is 24.6 Å². The molecule has 0 radical (unpaired) electrons. The Kier molecular flexibility index (Phi) is 29.9. The van der Waals surface area contributed by atoms with E-state index >= 15 is 0 Å². The number of aryl methyl sites for hydroxylation is 7. The van der Waals surface area contributed by atoms with Gasteiger partial charge in [0, 0.05) is 157 Å². The highest BCUT2D eigenvalue weighted by atomic mass is 16.6. The van der Waals surface area contributed by atoms with Crippen LogP contribution >= 0.6 is 0 Å². The van der Waals surface area contributed by atoms with Crippen molar-refractivity contribution in [3.05, 3.63) is 108 Å². The quantitative estimate of drug-likeness (QED) is 0.0214. The van der Waals surface area contributed by atoms with Crippen LogP contribution in [0, 0.1) is 0 Å². The lowest BCUT2D eigenvalue weighted by Gasteiger charge is -2.08. The molecule has 0 aliphatic carbocycles. The van der Waals surface area contributed by atoms with Crippen LogP contribution in [-0.4, -0.2) is 227 Å². The Labute approximate surface area is 588 Å². The van der Waals surface area contributed by atoms with Crippen molar-refractivity contribution < 1.29 is 86.3 Å². The van der Waals surface area contributed by atoms with Gasteiger partial charge in [0.1, 0.15) is 23.7 Å². The molecule has 0 bridgehead atoms. The Morgan fingerprint density at radius 1 is 0.350 bits per heavy atom. The lowest BCUT2D eigenvalue weighted by atomic mass is 10.3. The number of nitrogens with zero attached hydrogens (tertiary/aromatic N) is 11. The summed E-state index contributed by atoms with van der Waals surface area (Å²) in [5.74, 6) is -6.38. The van der Waals surface area contributed by atoms with Crippen molar-refractivity contribution in [1.29, 1.82) is 0 Å². The van der Waals surface area contributed by atoms with Crippen molar-refractivity contribution >= 4 is 105 Å². The van der Waals surface area contributed by atoms with Gasteiger partial charge < -0.3 is 119 Å². The number of ether oxygens (including phenoxy) is 5. The minimum atomic E-state index is -1.04. The number of hydrogen-bond donors (Lipinski definition) is 12. The molecule has 40 heteroatoms. The third-order valence-electron chi connectivity index (χ3n) is 14.6. The van der Waals surface area contributed by atoms with Crippen LogP contribution in [0.15, 0.2) is 67.8 Å². The molecule has 11 amide bonds. The first-order chi connectivity index (χ1) is 49.3. The van der Waals surface area contributed by atoms with E-state index in [1.807, 2.05) is 0 Å². The number of carboxylic acids is 1. The second-order valence-corrected chi connectivity index (χ2v) is 22.8. The number of amides is 11. The summed E-state index contributed by atoms with van der Waals surface area (Å²) in [5.41, 5.74) is 1.50. The molecule has 7 aromatic rings. The monoisotopic (exact) mass is 1440 g/mol. The van der Waals surface area contributed by atoms with Crippen LogP contribution in [0.3, 0.4) is 0 Å². The molecule has 0 spiro atoms. The summed E-state index contributed by atoms with van der Waals surface area (Å²) in [7, 11) is 11.2. The van der Waals surface area contributed by atoms with Crippen LogP contribution in [0.2, 0.25) is 0 Å². The molecule has 0 saturated heterocycles. The van der Waals surface area contributed by atoms with Gasteiger partial charge in [-0.1, -0.05) is 0 Å². The summed E-state index contributed by atoms with van der Waals surface area (Å²) in [4.78, 5) is 169. The number of imidazole rings is 4. The molecule has 103 heavy (non-hydrogen) atoms. The van der Waals surface area contributed by atoms with Gasteiger partial charge in [0.15, 0.2) is 23.3 Å². The van der Waals surface area contributed by atoms with Crippen molar-refractivity contribution in [2.24, 2.45) is 49.3 Å². The SMILES string of the molecule is Cn1cc(NC(=O)c2nc(NC(=O)CCNC(=O)c3cc(NC(=O)c4nccn4C)cn3C)cn2C)cc1C(=O)NCCCC(=O)Nc1cn(C)c(C(=O)NCCC(=O)Nc2cc(C(=O)Nc3cn(C)c(C(=O)NCCC(=O)NCCOCCOCCOCCOCCOCC(=O)O)n3)n(C)c2)n1. The molecule has 0 aliphatic heterocycles. The van der Waals surface area contributed by atoms with Gasteiger partial charge in [-0.15, -0.1) is 0 Å². The van der Waals surface area contributed by atoms with E-state index in [9.17, 15) is 57.5 Å². The number of rotatable bonds is 43. The van der Waals surface area contributed by atoms with Gasteiger partial charge in [0.05, 0.1) is 76.5 Å². The topological polar surface area (TPSA) is 490 Å². The smallest absolute Gasteiger partial charge is 0.329 e. The summed E-state index contributed by atoms with van der Waals surface area (Å²) >= 11 is 0. The fourth-order valence-electron chi connectivity index (χ4n) is 9.61. The van der Waals surface area contributed by atoms with E-state index in [0.29, 0.717) is 45.3 Å². The molecule has 40 nitrogen and oxygen atoms in total. The fraction of sp³-hybridized carbons (Fsp3) is 0.429. The average molecular weight is 1440 g/mol. The number of nitrogens with one attached hydrogen (secondary N) is 11. The first-order valence-electron chi connectivity index (χ1n) is 32.2. The van der Waals surface area contributed by atoms with Crippen molar-refractivity contribution in [3.8, 4) is 0 Å². The average Bonchev–Trinajstić information content (AvgIpc) is 1.70. The van der Waals surface area contributed by atoms with E-state index in [4.69, 9.17) is 28.8 Å². The Hall–Kier alpha value is -11.9. The van der Waals surface area contributed by atoms with Gasteiger partial charge in [-0.2, -0.15) is 0 Å². The molecule has 554 valence electrons. The lowest BCUT2D eigenvalue weighted by molar-refractivity contribution is -0.142. The largest absolute Gasteiger partial charge is 0.480 e. The minimum absolute atomic E-state index is 0.00613. The summed E-state index contributed by atoms with van der Waals surface area (Å²) in [6.45, 7) is 2.53. The maximum absolute atomic E-state index is 13.3. The second kappa shape index (κ2) is 39.2. The molecule has 0 fully saturated rings. The first-order valence-corrected chi connectivity index (χ1v) is 32.2. The number of carboxylic acid groups (broad SMARTS) is 1. The predicted molar refractivity (Wildman–Crippen MR) is 366 cm³/mol. The molecule has 12 N–H and O–H groups in total. The second-order valence-electron chi connectivity index (χ2n) is 22.8. The Morgan fingerprint density at radius 3 is 1.19 bits per heavy atom. The van der Waals surface area contributed by atoms with Crippen molar-refractivity contribution in [2.75, 3.05) is 131 Å². The van der Waals surface area contributed by atoms with Crippen molar-refractivity contribution in [3.63, 3.8) is 0 Å². The number of hydrogen-bond acceptors (Lipinski definition) is 21. The van der Waals surface area contributed by atoms with E-state index in [0.717, 1.165) is 0 Å². The van der Waals surface area contributed by atoms with Gasteiger partial charge in [0.25, 0.3) is 41.4 Å². The maximum atomic E-state index is 13.3. The Balaban J connectivity index is 0.718. The standard InChI is InChI=1S/C63H84N22O18/c1-79-19-17-65-53(79)62(97)71-40-30-43(81(3)33-40)58(93)67-15-12-51(89)74-46-36-85(7)56(76-46)63(98)72-41-31-42(80(2)34-41)57(92)66-13-8-9-49(87)73-45-35-83(5)54(75-45)60(95)69-16-11-50(88)70-39-29-44(82(4)32-39)59(94)78-47-37-84(6)55(77-47)61(96)68-14-10-48(86)64-18-20-99-21-22-100-23-24-101-25-26-102-27-28-103-38-52(90)91/h17,19,29-37H,8-16,18,20-28,38H2,1-7H3,(H,64,86)(H,66,92)(H,67,93)(H,68,96)(H,69,95)(H,70,88)(H,71,97)(H,72,98)(H,73,87)(H,74,89)(H,78,94)(H,90,91). The van der Waals surface area contributed by atoms with Crippen LogP contribution in [0.25, 0.3) is 0 Å². The molecule has 0 aromatic carbocycles. The molecular weight excluding hydrogens is 1350 g/mol. The number of aliphatic carboxylic acids is 1. The highest BCUT2D eigenvalue weighted by Gasteiger charge is 2.23. The fourth-order valence-corrected chi connectivity index (χ4v) is 9.61. The normalized spacial score (nSPS) is 11.0. The Morgan fingerprint density at radius 2 is 0.728 bits per heavy atom. The van der Waals surface area contributed by atoms with Crippen molar-refractivity contribution in [2.45, 2.75) is 32.1 Å². The van der Waals surface area contributed by atoms with Gasteiger partial charge in [0.2, 0.25) is 41.1 Å². The van der Waals surface area contributed by atoms with Crippen LogP contribution in [0.5, 0.6) is 0 Å². The number of aromatic nitrogens is 11. The van der Waals surface area contributed by atoms with Crippen molar-refractivity contribution in [1.82, 2.24) is 78.5 Å². The van der Waals surface area contributed by atoms with E-state index < -0.39 is 65.0 Å². The van der Waals surface area contributed by atoms with E-state index in [-0.39, 0.29) is 166 Å². The number of carbonyl (C=O) groups is 12. The van der Waals surface area contributed by atoms with E-state index in [1.165, 1.54) is 82.8 Å². The molecule has 0 unspecified atom stereocenters. The number of anilines is 6. The summed E-state index contributed by atoms with van der Waals surface area (Å²) in [5, 5.41) is 37.8. The van der Waals surface area contributed by atoms with E-state index in [2.05, 4.69) is 78.4 Å². The summed E-state index contributed by atoms with van der Waals surface area (Å²) in [6, 6.07) is 4.37. The maximum Gasteiger partial charge on any atom is 0.329 e. The molecule has 7 heterocycles. The van der Waals surface area contributed by atoms with Gasteiger partial charge in [-0.3, -0.25) is 52.7 Å². The van der Waals surface area contributed by atoms with Gasteiger partial charge >= 0.3 is 5.97 Å². The zero-order chi connectivity index (χ0) is 74.5. The molecule has 7 rings (SSSR count). The minimum Gasteiger partial charge on any atom is -0.480 e. The highest BCUT2D eigenvalue weighted by molar-refractivity contribution is 6.06. The highest BCUT2D eigenvalue weighted by Crippen LogP contribution is 2.19. The van der Waals surface area contributed by atoms with E-state index in [1.54, 1.807) is 66.3 Å². The van der Waals surface area contributed by atoms with Crippen LogP contribution in [-0.2, 0) is 97.0 Å². The van der Waals surface area contributed by atoms with Crippen LogP contribution < -0.4 is 58.5 Å². The third-order valence-corrected chi connectivity index (χ3v) is 14.6. The Bertz CT molecular complexity index is 4150. The molecule has 0 aliphatic rings. The van der Waals surface area contributed by atoms with Crippen LogP contribution in [0.1, 0.15) is 106 Å². The first kappa shape index (κ1) is 78.5. The zero-order valence-electron chi connectivity index (χ0n) is 57.8. The molecule has 0 saturated carbocycles. The van der Waals surface area contributed by atoms with Gasteiger partial charge in [-0.25, -0.2) is 24.7 Å². The summed E-state index contributed by atoms with van der Waals surface area (Å²) in [6.07, 6.45) is 11.9. The summed E-state index contributed by atoms with van der Waals surface area (Å²) < 4.78 is 36.6. The zero-order valence-corrected chi connectivity index (χ0v) is 57.8. The predicted octanol–water partition coefficient (Wildman–Crippen LogP) is -0.537. The lowest BCUT2D eigenvalue weighted by Crippen LogP contribution is -2.33. The third kappa shape index (κ3) is 25.1. The van der Waals surface area contributed by atoms with Crippen LogP contribution in [0.4, 0.5) is 34.5 Å².